The number of hydrogen-bond acceptors (Lipinski definition) is 3. The summed E-state index contributed by atoms with van der Waals surface area (Å²) >= 11 is 6.34. The summed E-state index contributed by atoms with van der Waals surface area (Å²) in [6, 6.07) is 15.2. The van der Waals surface area contributed by atoms with Crippen LogP contribution in [0.2, 0.25) is 5.02 Å². The second-order valence-electron chi connectivity index (χ2n) is 6.97. The molecule has 2 aromatic carbocycles. The van der Waals surface area contributed by atoms with E-state index in [9.17, 15) is 9.59 Å². The van der Waals surface area contributed by atoms with Gasteiger partial charge in [0.1, 0.15) is 6.61 Å². The van der Waals surface area contributed by atoms with Crippen LogP contribution in [-0.2, 0) is 11.3 Å². The first kappa shape index (κ1) is 18.6. The van der Waals surface area contributed by atoms with Crippen LogP contribution in [0.5, 0.6) is 0 Å². The highest BCUT2D eigenvalue weighted by Crippen LogP contribution is 2.35. The first-order valence-electron chi connectivity index (χ1n) is 9.45. The summed E-state index contributed by atoms with van der Waals surface area (Å²) in [7, 11) is 0. The second kappa shape index (κ2) is 8.10. The van der Waals surface area contributed by atoms with E-state index in [0.717, 1.165) is 29.7 Å². The van der Waals surface area contributed by atoms with Gasteiger partial charge in [0, 0.05) is 23.8 Å². The smallest absolute Gasteiger partial charge is 0.414 e. The molecule has 6 nitrogen and oxygen atoms in total. The summed E-state index contributed by atoms with van der Waals surface area (Å²) < 4.78 is 4.99. The molecule has 4 rings (SSSR count). The number of urea groups is 1. The Morgan fingerprint density at radius 2 is 2.04 bits per heavy atom. The average Bonchev–Trinajstić information content (AvgIpc) is 3.36. The Morgan fingerprint density at radius 3 is 2.82 bits per heavy atom. The van der Waals surface area contributed by atoms with Gasteiger partial charge in [0.15, 0.2) is 0 Å². The lowest BCUT2D eigenvalue weighted by atomic mass is 10.0. The first-order valence-corrected chi connectivity index (χ1v) is 9.83. The summed E-state index contributed by atoms with van der Waals surface area (Å²) in [5, 5.41) is 3.69. The third-order valence-electron chi connectivity index (χ3n) is 5.20. The van der Waals surface area contributed by atoms with Crippen LogP contribution in [0.4, 0.5) is 15.3 Å². The summed E-state index contributed by atoms with van der Waals surface area (Å²) in [6.45, 7) is 2.04. The lowest BCUT2D eigenvalue weighted by Gasteiger charge is -2.26. The van der Waals surface area contributed by atoms with Gasteiger partial charge in [0.25, 0.3) is 0 Å². The second-order valence-corrected chi connectivity index (χ2v) is 7.37. The minimum atomic E-state index is -0.333. The number of anilines is 1. The van der Waals surface area contributed by atoms with Crippen LogP contribution in [0.15, 0.2) is 48.5 Å². The molecular formula is C21H22ClN3O3. The molecule has 0 aliphatic carbocycles. The maximum atomic E-state index is 12.8. The quantitative estimate of drug-likeness (QED) is 0.831. The van der Waals surface area contributed by atoms with E-state index in [4.69, 9.17) is 16.3 Å². The minimum absolute atomic E-state index is 0.000551. The molecule has 1 atom stereocenters. The number of likely N-dealkylation sites (tertiary alicyclic amines) is 1. The van der Waals surface area contributed by atoms with Gasteiger partial charge in [0.2, 0.25) is 0 Å². The highest BCUT2D eigenvalue weighted by atomic mass is 35.5. The largest absolute Gasteiger partial charge is 0.447 e. The van der Waals surface area contributed by atoms with Crippen LogP contribution in [0.1, 0.15) is 30.0 Å². The fourth-order valence-electron chi connectivity index (χ4n) is 3.82. The van der Waals surface area contributed by atoms with Crippen LogP contribution >= 0.6 is 11.6 Å². The van der Waals surface area contributed by atoms with Gasteiger partial charge in [-0.25, -0.2) is 9.59 Å². The van der Waals surface area contributed by atoms with Crippen LogP contribution in [-0.4, -0.2) is 36.7 Å². The molecule has 2 aromatic rings. The van der Waals surface area contributed by atoms with Crippen molar-refractivity contribution < 1.29 is 14.3 Å². The highest BCUT2D eigenvalue weighted by molar-refractivity contribution is 6.31. The number of rotatable bonds is 4. The predicted octanol–water partition coefficient (Wildman–Crippen LogP) is 4.34. The summed E-state index contributed by atoms with van der Waals surface area (Å²) in [5.41, 5.74) is 2.70. The molecule has 146 valence electrons. The van der Waals surface area contributed by atoms with Crippen molar-refractivity contribution in [2.45, 2.75) is 25.4 Å². The number of benzene rings is 2. The fourth-order valence-corrected chi connectivity index (χ4v) is 4.08. The van der Waals surface area contributed by atoms with Gasteiger partial charge in [-0.3, -0.25) is 4.90 Å². The summed E-state index contributed by atoms with van der Waals surface area (Å²) in [6.07, 6.45) is 1.53. The monoisotopic (exact) mass is 399 g/mol. The topological polar surface area (TPSA) is 61.9 Å². The summed E-state index contributed by atoms with van der Waals surface area (Å²) in [5.74, 6) is 0. The van der Waals surface area contributed by atoms with E-state index in [2.05, 4.69) is 5.32 Å². The zero-order valence-corrected chi connectivity index (χ0v) is 16.2. The molecule has 0 aromatic heterocycles. The van der Waals surface area contributed by atoms with Crippen molar-refractivity contribution in [1.29, 1.82) is 0 Å². The average molecular weight is 400 g/mol. The van der Waals surface area contributed by atoms with Gasteiger partial charge in [-0.1, -0.05) is 41.9 Å². The minimum Gasteiger partial charge on any atom is -0.447 e. The Balaban J connectivity index is 1.42. The molecular weight excluding hydrogens is 378 g/mol. The Kier molecular flexibility index (Phi) is 5.39. The van der Waals surface area contributed by atoms with Crippen molar-refractivity contribution in [2.24, 2.45) is 0 Å². The maximum absolute atomic E-state index is 12.8. The Morgan fingerprint density at radius 1 is 1.18 bits per heavy atom. The van der Waals surface area contributed by atoms with Crippen molar-refractivity contribution in [1.82, 2.24) is 10.2 Å². The van der Waals surface area contributed by atoms with E-state index in [-0.39, 0.29) is 18.2 Å². The van der Waals surface area contributed by atoms with Crippen LogP contribution in [0, 0.1) is 0 Å². The van der Waals surface area contributed by atoms with E-state index in [0.29, 0.717) is 31.3 Å². The lowest BCUT2D eigenvalue weighted by Crippen LogP contribution is -2.39. The number of amides is 3. The molecule has 2 heterocycles. The third-order valence-corrected chi connectivity index (χ3v) is 5.55. The highest BCUT2D eigenvalue weighted by Gasteiger charge is 2.31. The molecule has 28 heavy (non-hydrogen) atoms. The van der Waals surface area contributed by atoms with E-state index in [1.54, 1.807) is 4.90 Å². The number of hydrogen-bond donors (Lipinski definition) is 1. The molecule has 2 aliphatic rings. The van der Waals surface area contributed by atoms with Gasteiger partial charge >= 0.3 is 12.1 Å². The fraction of sp³-hybridized carbons (Fsp3) is 0.333. The molecule has 0 bridgehead atoms. The van der Waals surface area contributed by atoms with Crippen molar-refractivity contribution in [3.05, 3.63) is 64.7 Å². The third kappa shape index (κ3) is 3.78. The van der Waals surface area contributed by atoms with Crippen molar-refractivity contribution in [2.75, 3.05) is 24.6 Å². The molecule has 0 spiro atoms. The number of nitrogens with zero attached hydrogens (tertiary/aromatic N) is 2. The Bertz CT molecular complexity index is 889. The molecule has 2 fully saturated rings. The van der Waals surface area contributed by atoms with E-state index in [1.165, 1.54) is 0 Å². The van der Waals surface area contributed by atoms with Gasteiger partial charge in [-0.2, -0.15) is 0 Å². The molecule has 2 saturated heterocycles. The lowest BCUT2D eigenvalue weighted by molar-refractivity contribution is 0.181. The zero-order valence-electron chi connectivity index (χ0n) is 15.4. The van der Waals surface area contributed by atoms with E-state index in [1.807, 2.05) is 53.4 Å². The number of cyclic esters (lactones) is 1. The standard InChI is InChI=1S/C21H22ClN3O3/c22-18-8-2-1-7-17(18)19-9-4-10-25(19)20(26)23-14-15-5-3-6-16(13-15)24-11-12-28-21(24)27/h1-3,5-8,13,19H,4,9-12,14H2,(H,23,26)/t19-/m0/s1. The van der Waals surface area contributed by atoms with Crippen molar-refractivity contribution >= 4 is 29.4 Å². The molecule has 2 aliphatic heterocycles. The maximum Gasteiger partial charge on any atom is 0.414 e. The van der Waals surface area contributed by atoms with Crippen LogP contribution in [0.3, 0.4) is 0 Å². The number of nitrogens with one attached hydrogen (secondary N) is 1. The van der Waals surface area contributed by atoms with Crippen molar-refractivity contribution in [3.8, 4) is 0 Å². The van der Waals surface area contributed by atoms with E-state index < -0.39 is 0 Å². The molecule has 3 amide bonds. The molecule has 0 saturated carbocycles. The zero-order chi connectivity index (χ0) is 19.5. The predicted molar refractivity (Wildman–Crippen MR) is 108 cm³/mol. The van der Waals surface area contributed by atoms with Gasteiger partial charge < -0.3 is 15.0 Å². The van der Waals surface area contributed by atoms with E-state index >= 15 is 0 Å². The van der Waals surface area contributed by atoms with Crippen LogP contribution in [0.25, 0.3) is 0 Å². The molecule has 0 radical (unpaired) electrons. The SMILES string of the molecule is O=C1OCCN1c1cccc(CNC(=O)N2CCC[C@H]2c2ccccc2Cl)c1. The van der Waals surface area contributed by atoms with Crippen LogP contribution < -0.4 is 10.2 Å². The number of carbonyl (C=O) groups is 2. The van der Waals surface area contributed by atoms with Gasteiger partial charge in [-0.05, 0) is 42.2 Å². The summed E-state index contributed by atoms with van der Waals surface area (Å²) in [4.78, 5) is 28.0. The number of halogens is 1. The molecule has 7 heteroatoms. The van der Waals surface area contributed by atoms with Crippen molar-refractivity contribution in [3.63, 3.8) is 0 Å². The molecule has 1 N–H and O–H groups in total. The van der Waals surface area contributed by atoms with Gasteiger partial charge in [-0.15, -0.1) is 0 Å². The molecule has 0 unspecified atom stereocenters. The Hall–Kier alpha value is -2.73. The van der Waals surface area contributed by atoms with Gasteiger partial charge in [0.05, 0.1) is 12.6 Å². The number of ether oxygens (including phenoxy) is 1. The number of carbonyl (C=O) groups excluding carboxylic acids is 2. The normalized spacial score (nSPS) is 19.0. The first-order chi connectivity index (χ1) is 13.6. The Labute approximate surface area is 169 Å².